The summed E-state index contributed by atoms with van der Waals surface area (Å²) >= 11 is 1.29. The molecule has 2 unspecified atom stereocenters. The molecule has 4 N–H and O–H groups in total. The Kier molecular flexibility index (Phi) is 6.69. The summed E-state index contributed by atoms with van der Waals surface area (Å²) in [5, 5.41) is 5.68. The minimum atomic E-state index is -0.382. The summed E-state index contributed by atoms with van der Waals surface area (Å²) in [5.74, 6) is 0.513. The van der Waals surface area contributed by atoms with Crippen LogP contribution in [0.1, 0.15) is 5.56 Å². The molecule has 0 radical (unpaired) electrons. The zero-order chi connectivity index (χ0) is 19.1. The lowest BCUT2D eigenvalue weighted by Crippen LogP contribution is -2.64. The van der Waals surface area contributed by atoms with Crippen molar-refractivity contribution in [2.75, 3.05) is 18.2 Å². The summed E-state index contributed by atoms with van der Waals surface area (Å²) in [6, 6.07) is 16.7. The van der Waals surface area contributed by atoms with Gasteiger partial charge >= 0.3 is 0 Å². The lowest BCUT2D eigenvalue weighted by atomic mass is 10.1. The van der Waals surface area contributed by atoms with Gasteiger partial charge in [0.15, 0.2) is 0 Å². The van der Waals surface area contributed by atoms with Gasteiger partial charge in [0.05, 0.1) is 18.6 Å². The SMILES string of the molecule is COc1ccccc1NC(=O)CSC1NNC(Cc2ccccc2)C(=O)N1. The van der Waals surface area contributed by atoms with Crippen LogP contribution in [-0.4, -0.2) is 36.2 Å². The van der Waals surface area contributed by atoms with Crippen molar-refractivity contribution in [2.45, 2.75) is 18.0 Å². The monoisotopic (exact) mass is 386 g/mol. The van der Waals surface area contributed by atoms with E-state index in [2.05, 4.69) is 21.5 Å². The molecule has 0 bridgehead atoms. The Morgan fingerprint density at radius 2 is 1.85 bits per heavy atom. The Morgan fingerprint density at radius 3 is 2.59 bits per heavy atom. The zero-order valence-electron chi connectivity index (χ0n) is 14.9. The number of amides is 2. The van der Waals surface area contributed by atoms with Crippen molar-refractivity contribution in [3.8, 4) is 5.75 Å². The molecule has 3 rings (SSSR count). The molecule has 8 heteroatoms. The van der Waals surface area contributed by atoms with Gasteiger partial charge in [0.25, 0.3) is 0 Å². The van der Waals surface area contributed by atoms with Crippen LogP contribution in [0, 0.1) is 0 Å². The quantitative estimate of drug-likeness (QED) is 0.576. The van der Waals surface area contributed by atoms with Crippen LogP contribution in [0.4, 0.5) is 5.69 Å². The van der Waals surface area contributed by atoms with Crippen LogP contribution in [0.15, 0.2) is 54.6 Å². The van der Waals surface area contributed by atoms with E-state index in [0.29, 0.717) is 17.9 Å². The van der Waals surface area contributed by atoms with Gasteiger partial charge in [0.1, 0.15) is 17.3 Å². The first-order chi connectivity index (χ1) is 13.2. The molecule has 2 atom stereocenters. The van der Waals surface area contributed by atoms with Gasteiger partial charge in [0.2, 0.25) is 11.8 Å². The highest BCUT2D eigenvalue weighted by Gasteiger charge is 2.27. The summed E-state index contributed by atoms with van der Waals surface area (Å²) in [6.45, 7) is 0. The molecule has 1 fully saturated rings. The summed E-state index contributed by atoms with van der Waals surface area (Å²) < 4.78 is 5.21. The standard InChI is InChI=1S/C19H22N4O3S/c1-26-16-10-6-5-9-14(16)20-17(24)12-27-19-21-18(25)15(22-23-19)11-13-7-3-2-4-8-13/h2-10,15,19,22-23H,11-12H2,1H3,(H,20,24)(H,21,25). The van der Waals surface area contributed by atoms with Crippen molar-refractivity contribution < 1.29 is 14.3 Å². The Hall–Kier alpha value is -2.55. The van der Waals surface area contributed by atoms with Crippen LogP contribution in [0.3, 0.4) is 0 Å². The van der Waals surface area contributed by atoms with E-state index in [9.17, 15) is 9.59 Å². The minimum Gasteiger partial charge on any atom is -0.495 e. The highest BCUT2D eigenvalue weighted by atomic mass is 32.2. The van der Waals surface area contributed by atoms with Crippen molar-refractivity contribution in [2.24, 2.45) is 0 Å². The van der Waals surface area contributed by atoms with E-state index < -0.39 is 0 Å². The maximum atomic E-state index is 12.3. The van der Waals surface area contributed by atoms with Crippen LogP contribution < -0.4 is 26.2 Å². The molecule has 1 heterocycles. The molecule has 27 heavy (non-hydrogen) atoms. The first kappa shape index (κ1) is 19.2. The van der Waals surface area contributed by atoms with Gasteiger partial charge in [-0.3, -0.25) is 9.59 Å². The van der Waals surface area contributed by atoms with Gasteiger partial charge in [-0.15, -0.1) is 11.8 Å². The first-order valence-corrected chi connectivity index (χ1v) is 9.60. The molecule has 0 spiro atoms. The largest absolute Gasteiger partial charge is 0.495 e. The summed E-state index contributed by atoms with van der Waals surface area (Å²) in [7, 11) is 1.55. The van der Waals surface area contributed by atoms with Gasteiger partial charge in [-0.05, 0) is 24.1 Å². The van der Waals surface area contributed by atoms with E-state index in [1.54, 1.807) is 19.2 Å². The number of rotatable bonds is 7. The van der Waals surface area contributed by atoms with E-state index >= 15 is 0 Å². The molecule has 2 aromatic carbocycles. The van der Waals surface area contributed by atoms with Crippen LogP contribution in [0.5, 0.6) is 5.75 Å². The van der Waals surface area contributed by atoms with Gasteiger partial charge in [-0.25, -0.2) is 10.9 Å². The predicted molar refractivity (Wildman–Crippen MR) is 106 cm³/mol. The lowest BCUT2D eigenvalue weighted by molar-refractivity contribution is -0.125. The Bertz CT molecular complexity index is 788. The summed E-state index contributed by atoms with van der Waals surface area (Å²) in [4.78, 5) is 24.4. The average molecular weight is 386 g/mol. The van der Waals surface area contributed by atoms with Crippen LogP contribution in [0.25, 0.3) is 0 Å². The Morgan fingerprint density at radius 1 is 1.11 bits per heavy atom. The molecule has 2 amide bonds. The first-order valence-electron chi connectivity index (χ1n) is 8.55. The van der Waals surface area contributed by atoms with E-state index in [4.69, 9.17) is 4.74 Å². The third-order valence-corrected chi connectivity index (χ3v) is 5.02. The lowest BCUT2D eigenvalue weighted by Gasteiger charge is -2.31. The number of ether oxygens (including phenoxy) is 1. The number of hydrogen-bond acceptors (Lipinski definition) is 6. The molecule has 1 saturated heterocycles. The molecular weight excluding hydrogens is 364 g/mol. The van der Waals surface area contributed by atoms with Crippen LogP contribution in [0.2, 0.25) is 0 Å². The predicted octanol–water partition coefficient (Wildman–Crippen LogP) is 1.49. The van der Waals surface area contributed by atoms with E-state index in [1.165, 1.54) is 11.8 Å². The minimum absolute atomic E-state index is 0.0970. The average Bonchev–Trinajstić information content (AvgIpc) is 2.69. The molecule has 1 aliphatic rings. The molecule has 2 aromatic rings. The zero-order valence-corrected chi connectivity index (χ0v) is 15.7. The van der Waals surface area contributed by atoms with Crippen LogP contribution >= 0.6 is 11.8 Å². The van der Waals surface area contributed by atoms with Gasteiger partial charge < -0.3 is 15.4 Å². The number of thioether (sulfide) groups is 1. The molecule has 0 saturated carbocycles. The maximum Gasteiger partial charge on any atom is 0.240 e. The highest BCUT2D eigenvalue weighted by molar-refractivity contribution is 8.00. The fourth-order valence-electron chi connectivity index (χ4n) is 2.68. The van der Waals surface area contributed by atoms with E-state index in [0.717, 1.165) is 5.56 Å². The number of nitrogens with one attached hydrogen (secondary N) is 4. The normalized spacial score (nSPS) is 19.2. The van der Waals surface area contributed by atoms with Crippen molar-refractivity contribution in [3.05, 3.63) is 60.2 Å². The smallest absolute Gasteiger partial charge is 0.240 e. The molecule has 7 nitrogen and oxygen atoms in total. The number of hydrogen-bond donors (Lipinski definition) is 4. The van der Waals surface area contributed by atoms with Crippen molar-refractivity contribution >= 4 is 29.3 Å². The molecule has 0 aliphatic carbocycles. The number of benzene rings is 2. The molecular formula is C19H22N4O3S. The molecule has 1 aliphatic heterocycles. The number of para-hydroxylation sites is 2. The second kappa shape index (κ2) is 9.40. The fourth-order valence-corrected chi connectivity index (χ4v) is 3.42. The third kappa shape index (κ3) is 5.46. The van der Waals surface area contributed by atoms with Crippen molar-refractivity contribution in [1.82, 2.24) is 16.2 Å². The number of methoxy groups -OCH3 is 1. The van der Waals surface area contributed by atoms with Gasteiger partial charge in [-0.1, -0.05) is 42.5 Å². The molecule has 142 valence electrons. The Balaban J connectivity index is 1.44. The Labute approximate surface area is 162 Å². The van der Waals surface area contributed by atoms with E-state index in [-0.39, 0.29) is 29.1 Å². The van der Waals surface area contributed by atoms with E-state index in [1.807, 2.05) is 42.5 Å². The number of carbonyl (C=O) groups is 2. The fraction of sp³-hybridized carbons (Fsp3) is 0.263. The second-order valence-corrected chi connectivity index (χ2v) is 7.07. The maximum absolute atomic E-state index is 12.3. The number of hydrazine groups is 1. The van der Waals surface area contributed by atoms with Gasteiger partial charge in [-0.2, -0.15) is 0 Å². The van der Waals surface area contributed by atoms with Crippen LogP contribution in [-0.2, 0) is 16.0 Å². The third-order valence-electron chi connectivity index (χ3n) is 4.02. The molecule has 0 aromatic heterocycles. The van der Waals surface area contributed by atoms with Crippen molar-refractivity contribution in [1.29, 1.82) is 0 Å². The second-order valence-electron chi connectivity index (χ2n) is 5.98. The topological polar surface area (TPSA) is 91.5 Å². The summed E-state index contributed by atoms with van der Waals surface area (Å²) in [6.07, 6.45) is 0.589. The van der Waals surface area contributed by atoms with Crippen molar-refractivity contribution in [3.63, 3.8) is 0 Å². The summed E-state index contributed by atoms with van der Waals surface area (Å²) in [5.41, 5.74) is 7.38. The number of carbonyl (C=O) groups excluding carboxylic acids is 2. The number of anilines is 1. The van der Waals surface area contributed by atoms with Gasteiger partial charge in [0, 0.05) is 0 Å². The highest BCUT2D eigenvalue weighted by Crippen LogP contribution is 2.23.